The number of amides is 1. The number of anilines is 1. The fraction of sp³-hybridized carbons (Fsp3) is 0.643. The van der Waals surface area contributed by atoms with Crippen LogP contribution in [0, 0.1) is 5.92 Å². The van der Waals surface area contributed by atoms with Crippen molar-refractivity contribution in [3.63, 3.8) is 0 Å². The average molecular weight is 262 g/mol. The van der Waals surface area contributed by atoms with Gasteiger partial charge in [-0.15, -0.1) is 0 Å². The van der Waals surface area contributed by atoms with Crippen LogP contribution in [-0.2, 0) is 11.2 Å². The fourth-order valence-corrected chi connectivity index (χ4v) is 2.52. The largest absolute Gasteiger partial charge is 0.370 e. The average Bonchev–Trinajstić information content (AvgIpc) is 2.45. The zero-order valence-electron chi connectivity index (χ0n) is 11.5. The maximum absolute atomic E-state index is 10.8. The number of nitrogens with zero attached hydrogens (tertiary/aromatic N) is 3. The molecule has 1 aromatic heterocycles. The molecule has 1 atom stereocenters. The van der Waals surface area contributed by atoms with Crippen molar-refractivity contribution in [2.24, 2.45) is 11.7 Å². The molecule has 2 heterocycles. The van der Waals surface area contributed by atoms with Crippen LogP contribution >= 0.6 is 0 Å². The predicted octanol–water partition coefficient (Wildman–Crippen LogP) is 1.52. The molecule has 0 bridgehead atoms. The number of carbonyl (C=O) groups excluding carboxylic acids is 1. The van der Waals surface area contributed by atoms with E-state index in [1.807, 2.05) is 12.4 Å². The van der Waals surface area contributed by atoms with Crippen LogP contribution in [0.25, 0.3) is 0 Å². The van der Waals surface area contributed by atoms with Gasteiger partial charge < -0.3 is 10.6 Å². The zero-order chi connectivity index (χ0) is 13.7. The van der Waals surface area contributed by atoms with Crippen molar-refractivity contribution >= 4 is 11.9 Å². The quantitative estimate of drug-likeness (QED) is 0.873. The van der Waals surface area contributed by atoms with Crippen LogP contribution in [0.3, 0.4) is 0 Å². The predicted molar refractivity (Wildman–Crippen MR) is 74.8 cm³/mol. The van der Waals surface area contributed by atoms with Gasteiger partial charge in [0.15, 0.2) is 0 Å². The van der Waals surface area contributed by atoms with Gasteiger partial charge in [0.2, 0.25) is 11.9 Å². The molecule has 1 aliphatic heterocycles. The van der Waals surface area contributed by atoms with Crippen LogP contribution in [0.5, 0.6) is 0 Å². The number of aromatic nitrogens is 2. The summed E-state index contributed by atoms with van der Waals surface area (Å²) in [4.78, 5) is 21.9. The molecule has 5 heteroatoms. The number of piperidine rings is 1. The first-order chi connectivity index (χ1) is 9.19. The number of rotatable bonds is 5. The number of hydrogen-bond acceptors (Lipinski definition) is 4. The third-order valence-electron chi connectivity index (χ3n) is 3.70. The van der Waals surface area contributed by atoms with Gasteiger partial charge in [-0.05, 0) is 37.2 Å². The summed E-state index contributed by atoms with van der Waals surface area (Å²) in [5.41, 5.74) is 6.37. The minimum Gasteiger partial charge on any atom is -0.370 e. The van der Waals surface area contributed by atoms with E-state index >= 15 is 0 Å². The third kappa shape index (κ3) is 3.91. The lowest BCUT2D eigenvalue weighted by molar-refractivity contribution is -0.118. The summed E-state index contributed by atoms with van der Waals surface area (Å²) in [6, 6.07) is 0. The van der Waals surface area contributed by atoms with Crippen molar-refractivity contribution < 1.29 is 4.79 Å². The molecular formula is C14H22N4O. The Morgan fingerprint density at radius 2 is 2.21 bits per heavy atom. The molecule has 0 saturated carbocycles. The highest BCUT2D eigenvalue weighted by Crippen LogP contribution is 2.23. The molecule has 0 radical (unpaired) electrons. The lowest BCUT2D eigenvalue weighted by atomic mass is 9.93. The SMILES string of the molecule is CCc1cnc(N2CCC[C@@H](CCC(N)=O)C2)nc1. The summed E-state index contributed by atoms with van der Waals surface area (Å²) in [6.07, 6.45) is 8.40. The second-order valence-electron chi connectivity index (χ2n) is 5.20. The maximum Gasteiger partial charge on any atom is 0.225 e. The minimum atomic E-state index is -0.208. The Morgan fingerprint density at radius 1 is 1.47 bits per heavy atom. The Kier molecular flexibility index (Phi) is 4.71. The smallest absolute Gasteiger partial charge is 0.225 e. The van der Waals surface area contributed by atoms with E-state index in [9.17, 15) is 4.79 Å². The molecule has 0 spiro atoms. The van der Waals surface area contributed by atoms with Gasteiger partial charge in [0.25, 0.3) is 0 Å². The Balaban J connectivity index is 1.94. The van der Waals surface area contributed by atoms with Crippen LogP contribution in [-0.4, -0.2) is 29.0 Å². The van der Waals surface area contributed by atoms with Gasteiger partial charge in [-0.3, -0.25) is 4.79 Å². The van der Waals surface area contributed by atoms with Crippen molar-refractivity contribution in [2.45, 2.75) is 39.0 Å². The normalized spacial score (nSPS) is 19.4. The molecule has 1 amide bonds. The van der Waals surface area contributed by atoms with Gasteiger partial charge in [0.05, 0.1) is 0 Å². The van der Waals surface area contributed by atoms with E-state index < -0.39 is 0 Å². The summed E-state index contributed by atoms with van der Waals surface area (Å²) < 4.78 is 0. The molecule has 1 saturated heterocycles. The highest BCUT2D eigenvalue weighted by atomic mass is 16.1. The first-order valence-corrected chi connectivity index (χ1v) is 7.03. The Morgan fingerprint density at radius 3 is 2.84 bits per heavy atom. The Labute approximate surface area is 114 Å². The number of hydrogen-bond donors (Lipinski definition) is 1. The summed E-state index contributed by atoms with van der Waals surface area (Å²) in [6.45, 7) is 4.02. The van der Waals surface area contributed by atoms with Gasteiger partial charge in [0, 0.05) is 31.9 Å². The number of aryl methyl sites for hydroxylation is 1. The summed E-state index contributed by atoms with van der Waals surface area (Å²) >= 11 is 0. The van der Waals surface area contributed by atoms with E-state index in [-0.39, 0.29) is 5.91 Å². The number of carbonyl (C=O) groups is 1. The van der Waals surface area contributed by atoms with E-state index in [1.165, 1.54) is 0 Å². The molecule has 0 unspecified atom stereocenters. The molecule has 2 rings (SSSR count). The topological polar surface area (TPSA) is 72.1 Å². The molecule has 0 aliphatic carbocycles. The molecule has 2 N–H and O–H groups in total. The minimum absolute atomic E-state index is 0.208. The van der Waals surface area contributed by atoms with Crippen molar-refractivity contribution in [1.82, 2.24) is 9.97 Å². The second-order valence-corrected chi connectivity index (χ2v) is 5.20. The molecule has 1 fully saturated rings. The summed E-state index contributed by atoms with van der Waals surface area (Å²) in [5, 5.41) is 0. The van der Waals surface area contributed by atoms with E-state index in [0.29, 0.717) is 12.3 Å². The van der Waals surface area contributed by atoms with Crippen LogP contribution in [0.15, 0.2) is 12.4 Å². The second kappa shape index (κ2) is 6.50. The molecule has 1 aromatic rings. The lowest BCUT2D eigenvalue weighted by Crippen LogP contribution is -2.36. The highest BCUT2D eigenvalue weighted by Gasteiger charge is 2.21. The van der Waals surface area contributed by atoms with Gasteiger partial charge >= 0.3 is 0 Å². The van der Waals surface area contributed by atoms with Crippen LogP contribution < -0.4 is 10.6 Å². The molecular weight excluding hydrogens is 240 g/mol. The first kappa shape index (κ1) is 13.8. The zero-order valence-corrected chi connectivity index (χ0v) is 11.5. The maximum atomic E-state index is 10.8. The number of nitrogens with two attached hydrogens (primary N) is 1. The van der Waals surface area contributed by atoms with Gasteiger partial charge in [-0.2, -0.15) is 0 Å². The molecule has 0 aromatic carbocycles. The monoisotopic (exact) mass is 262 g/mol. The van der Waals surface area contributed by atoms with Gasteiger partial charge in [0.1, 0.15) is 0 Å². The number of primary amides is 1. The van der Waals surface area contributed by atoms with E-state index in [4.69, 9.17) is 5.73 Å². The summed E-state index contributed by atoms with van der Waals surface area (Å²) in [7, 11) is 0. The van der Waals surface area contributed by atoms with Crippen LogP contribution in [0.1, 0.15) is 38.2 Å². The third-order valence-corrected chi connectivity index (χ3v) is 3.70. The standard InChI is InChI=1S/C14H22N4O/c1-2-11-8-16-14(17-9-11)18-7-3-4-12(10-18)5-6-13(15)19/h8-9,12H,2-7,10H2,1H3,(H2,15,19)/t12-/m0/s1. The molecule has 104 valence electrons. The van der Waals surface area contributed by atoms with Crippen molar-refractivity contribution in [2.75, 3.05) is 18.0 Å². The van der Waals surface area contributed by atoms with Crippen molar-refractivity contribution in [1.29, 1.82) is 0 Å². The van der Waals surface area contributed by atoms with Crippen molar-refractivity contribution in [3.05, 3.63) is 18.0 Å². The van der Waals surface area contributed by atoms with E-state index in [2.05, 4.69) is 21.8 Å². The molecule has 5 nitrogen and oxygen atoms in total. The van der Waals surface area contributed by atoms with Crippen LogP contribution in [0.2, 0.25) is 0 Å². The van der Waals surface area contributed by atoms with E-state index in [0.717, 1.165) is 50.3 Å². The lowest BCUT2D eigenvalue weighted by Gasteiger charge is -2.32. The highest BCUT2D eigenvalue weighted by molar-refractivity contribution is 5.73. The van der Waals surface area contributed by atoms with E-state index in [1.54, 1.807) is 0 Å². The Bertz CT molecular complexity index is 418. The van der Waals surface area contributed by atoms with Gasteiger partial charge in [-0.25, -0.2) is 9.97 Å². The summed E-state index contributed by atoms with van der Waals surface area (Å²) in [5.74, 6) is 1.12. The van der Waals surface area contributed by atoms with Crippen LogP contribution in [0.4, 0.5) is 5.95 Å². The Hall–Kier alpha value is -1.65. The van der Waals surface area contributed by atoms with Crippen molar-refractivity contribution in [3.8, 4) is 0 Å². The van der Waals surface area contributed by atoms with Gasteiger partial charge in [-0.1, -0.05) is 6.92 Å². The fourth-order valence-electron chi connectivity index (χ4n) is 2.52. The molecule has 1 aliphatic rings. The molecule has 19 heavy (non-hydrogen) atoms. The first-order valence-electron chi connectivity index (χ1n) is 7.03.